The van der Waals surface area contributed by atoms with Crippen LogP contribution in [0.25, 0.3) is 0 Å². The van der Waals surface area contributed by atoms with Crippen LogP contribution in [0.5, 0.6) is 0 Å². The Hall–Kier alpha value is 0.0169. The van der Waals surface area contributed by atoms with Gasteiger partial charge in [0.2, 0.25) is 0 Å². The summed E-state index contributed by atoms with van der Waals surface area (Å²) in [6.07, 6.45) is -0.120. The van der Waals surface area contributed by atoms with Crippen LogP contribution in [0.2, 0.25) is 0 Å². The third-order valence-electron chi connectivity index (χ3n) is 2.60. The van der Waals surface area contributed by atoms with E-state index < -0.39 is 9.05 Å². The van der Waals surface area contributed by atoms with E-state index in [1.165, 1.54) is 0 Å². The summed E-state index contributed by atoms with van der Waals surface area (Å²) in [6.45, 7) is 8.29. The molecule has 3 saturated heterocycles. The molecule has 0 amide bonds. The van der Waals surface area contributed by atoms with Crippen LogP contribution in [0, 0.1) is 0 Å². The predicted molar refractivity (Wildman–Crippen MR) is 56.1 cm³/mol. The van der Waals surface area contributed by atoms with Gasteiger partial charge in [0.15, 0.2) is 0 Å². The lowest BCUT2D eigenvalue weighted by atomic mass is 10.2. The summed E-state index contributed by atoms with van der Waals surface area (Å²) in [6, 6.07) is 0. The molecule has 3 aliphatic heterocycles. The lowest BCUT2D eigenvalue weighted by Crippen LogP contribution is -2.61. The summed E-state index contributed by atoms with van der Waals surface area (Å²) in [5.74, 6) is 0. The minimum atomic E-state index is -3.40. The molecule has 0 aromatic heterocycles. The van der Waals surface area contributed by atoms with Gasteiger partial charge in [-0.3, -0.25) is 4.90 Å². The summed E-state index contributed by atoms with van der Waals surface area (Å²) < 4.78 is 16.5. The van der Waals surface area contributed by atoms with Gasteiger partial charge in [0, 0.05) is 19.6 Å². The molecule has 3 fully saturated rings. The SMILES string of the molecule is CC1CN2CC(C)O[Si](O)(O1)OC(C)C2. The van der Waals surface area contributed by atoms with Crippen LogP contribution in [-0.4, -0.2) is 56.7 Å². The topological polar surface area (TPSA) is 51.2 Å². The smallest absolute Gasteiger partial charge is 0.367 e. The summed E-state index contributed by atoms with van der Waals surface area (Å²) >= 11 is 0. The van der Waals surface area contributed by atoms with Crippen molar-refractivity contribution in [1.29, 1.82) is 0 Å². The third kappa shape index (κ3) is 2.77. The van der Waals surface area contributed by atoms with E-state index in [4.69, 9.17) is 13.3 Å². The molecule has 0 saturated carbocycles. The second kappa shape index (κ2) is 4.12. The zero-order valence-electron chi connectivity index (χ0n) is 9.47. The highest BCUT2D eigenvalue weighted by atomic mass is 28.4. The first-order valence-electron chi connectivity index (χ1n) is 5.45. The van der Waals surface area contributed by atoms with Crippen molar-refractivity contribution in [2.45, 2.75) is 39.1 Å². The van der Waals surface area contributed by atoms with E-state index >= 15 is 0 Å². The summed E-state index contributed by atoms with van der Waals surface area (Å²) in [4.78, 5) is 12.4. The first-order chi connectivity index (χ1) is 6.97. The van der Waals surface area contributed by atoms with Crippen molar-refractivity contribution in [2.24, 2.45) is 0 Å². The highest BCUT2D eigenvalue weighted by molar-refractivity contribution is 6.52. The molecule has 3 heterocycles. The first kappa shape index (κ1) is 11.5. The van der Waals surface area contributed by atoms with Gasteiger partial charge in [0.1, 0.15) is 0 Å². The lowest BCUT2D eigenvalue weighted by Gasteiger charge is -2.42. The van der Waals surface area contributed by atoms with Crippen LogP contribution in [-0.2, 0) is 13.3 Å². The Morgan fingerprint density at radius 2 is 1.27 bits per heavy atom. The molecule has 88 valence electrons. The van der Waals surface area contributed by atoms with Gasteiger partial charge < -0.3 is 18.1 Å². The van der Waals surface area contributed by atoms with Crippen LogP contribution < -0.4 is 0 Å². The van der Waals surface area contributed by atoms with Crippen molar-refractivity contribution in [3.8, 4) is 0 Å². The Morgan fingerprint density at radius 3 is 1.60 bits per heavy atom. The summed E-state index contributed by atoms with van der Waals surface area (Å²) in [5.41, 5.74) is 0. The van der Waals surface area contributed by atoms with Gasteiger partial charge >= 0.3 is 9.05 Å². The molecule has 3 unspecified atom stereocenters. The Kier molecular flexibility index (Phi) is 3.16. The fourth-order valence-corrected chi connectivity index (χ4v) is 4.19. The monoisotopic (exact) mass is 233 g/mol. The molecule has 0 aromatic rings. The number of nitrogens with zero attached hydrogens (tertiary/aromatic N) is 1. The molecule has 0 aliphatic carbocycles. The van der Waals surface area contributed by atoms with Gasteiger partial charge in [0.25, 0.3) is 0 Å². The Morgan fingerprint density at radius 1 is 0.933 bits per heavy atom. The number of rotatable bonds is 0. The van der Waals surface area contributed by atoms with Crippen molar-refractivity contribution < 1.29 is 18.1 Å². The number of fused-ring (bicyclic) bond motifs is 6. The van der Waals surface area contributed by atoms with Gasteiger partial charge in [-0.2, -0.15) is 0 Å². The molecule has 0 spiro atoms. The maximum Gasteiger partial charge on any atom is 0.677 e. The van der Waals surface area contributed by atoms with Crippen LogP contribution in [0.4, 0.5) is 0 Å². The van der Waals surface area contributed by atoms with Crippen molar-refractivity contribution in [1.82, 2.24) is 4.90 Å². The second-order valence-corrected chi connectivity index (χ2v) is 6.28. The predicted octanol–water partition coefficient (Wildman–Crippen LogP) is -0.0412. The number of hydrogen-bond donors (Lipinski definition) is 1. The first-order valence-corrected chi connectivity index (χ1v) is 7.12. The quantitative estimate of drug-likeness (QED) is 0.595. The van der Waals surface area contributed by atoms with E-state index in [1.807, 2.05) is 20.8 Å². The van der Waals surface area contributed by atoms with Gasteiger partial charge in [-0.15, -0.1) is 0 Å². The second-order valence-electron chi connectivity index (χ2n) is 4.53. The summed E-state index contributed by atoms with van der Waals surface area (Å²) in [7, 11) is -3.40. The minimum Gasteiger partial charge on any atom is -0.367 e. The van der Waals surface area contributed by atoms with Gasteiger partial charge in [-0.05, 0) is 20.8 Å². The van der Waals surface area contributed by atoms with E-state index in [1.54, 1.807) is 0 Å². The van der Waals surface area contributed by atoms with Crippen molar-refractivity contribution in [3.63, 3.8) is 0 Å². The van der Waals surface area contributed by atoms with Crippen LogP contribution in [0.3, 0.4) is 0 Å². The molecular formula is C9H19NO4Si. The molecule has 1 N–H and O–H groups in total. The Bertz CT molecular complexity index is 204. The molecular weight excluding hydrogens is 214 g/mol. The largest absolute Gasteiger partial charge is 0.677 e. The maximum absolute atomic E-state index is 10.2. The Balaban J connectivity index is 2.20. The average Bonchev–Trinajstić information content (AvgIpc) is 1.95. The van der Waals surface area contributed by atoms with Gasteiger partial charge in [0.05, 0.1) is 18.3 Å². The van der Waals surface area contributed by atoms with Gasteiger partial charge in [-0.1, -0.05) is 0 Å². The fourth-order valence-electron chi connectivity index (χ4n) is 2.27. The van der Waals surface area contributed by atoms with Gasteiger partial charge in [-0.25, -0.2) is 0 Å². The highest BCUT2D eigenvalue weighted by Crippen LogP contribution is 2.22. The van der Waals surface area contributed by atoms with Crippen LogP contribution in [0.1, 0.15) is 20.8 Å². The molecule has 0 aromatic carbocycles. The van der Waals surface area contributed by atoms with Crippen molar-refractivity contribution in [3.05, 3.63) is 0 Å². The molecule has 5 nitrogen and oxygen atoms in total. The van der Waals surface area contributed by atoms with Crippen LogP contribution >= 0.6 is 0 Å². The van der Waals surface area contributed by atoms with E-state index in [0.29, 0.717) is 0 Å². The molecule has 15 heavy (non-hydrogen) atoms. The fraction of sp³-hybridized carbons (Fsp3) is 1.00. The number of hydrogen-bond acceptors (Lipinski definition) is 5. The molecule has 6 heteroatoms. The van der Waals surface area contributed by atoms with E-state index in [-0.39, 0.29) is 18.3 Å². The van der Waals surface area contributed by atoms with Crippen molar-refractivity contribution >= 4 is 9.05 Å². The van der Waals surface area contributed by atoms with Crippen LogP contribution in [0.15, 0.2) is 0 Å². The molecule has 3 rings (SSSR count). The standard InChI is InChI=1S/C9H19NO4Si/c1-7-4-10-5-8(2)13-15(11,12-7)14-9(3)6-10/h7-9,11H,4-6H2,1-3H3. The third-order valence-corrected chi connectivity index (χ3v) is 4.70. The average molecular weight is 233 g/mol. The zero-order chi connectivity index (χ0) is 11.1. The zero-order valence-corrected chi connectivity index (χ0v) is 10.5. The maximum atomic E-state index is 10.2. The minimum absolute atomic E-state index is 0.0401. The van der Waals surface area contributed by atoms with E-state index in [0.717, 1.165) is 19.6 Å². The van der Waals surface area contributed by atoms with E-state index in [2.05, 4.69) is 4.90 Å². The summed E-state index contributed by atoms with van der Waals surface area (Å²) in [5, 5.41) is 0. The molecule has 0 radical (unpaired) electrons. The van der Waals surface area contributed by atoms with Crippen molar-refractivity contribution in [2.75, 3.05) is 19.6 Å². The highest BCUT2D eigenvalue weighted by Gasteiger charge is 2.49. The van der Waals surface area contributed by atoms with E-state index in [9.17, 15) is 4.80 Å². The molecule has 2 bridgehead atoms. The molecule has 3 aliphatic rings. The Labute approximate surface area is 91.4 Å². The molecule has 3 atom stereocenters. The normalized spacial score (nSPS) is 52.0. The lowest BCUT2D eigenvalue weighted by molar-refractivity contribution is -0.117.